The van der Waals surface area contributed by atoms with Crippen LogP contribution in [-0.2, 0) is 0 Å². The lowest BCUT2D eigenvalue weighted by atomic mass is 9.62. The fraction of sp³-hybridized carbons (Fsp3) is 0.417. The number of carbonyl (C=O) groups is 2. The molecule has 160 valence electrons. The van der Waals surface area contributed by atoms with E-state index in [2.05, 4.69) is 31.4 Å². The van der Waals surface area contributed by atoms with Crippen molar-refractivity contribution in [2.75, 3.05) is 6.54 Å². The summed E-state index contributed by atoms with van der Waals surface area (Å²) in [5, 5.41) is 7.46. The first-order valence-corrected chi connectivity index (χ1v) is 10.9. The highest BCUT2D eigenvalue weighted by atomic mass is 35.5. The summed E-state index contributed by atoms with van der Waals surface area (Å²) >= 11 is 11.8. The maximum Gasteiger partial charge on any atom is 0.251 e. The third kappa shape index (κ3) is 5.99. The van der Waals surface area contributed by atoms with Gasteiger partial charge in [-0.05, 0) is 78.6 Å². The second-order valence-electron chi connectivity index (χ2n) is 9.43. The van der Waals surface area contributed by atoms with Gasteiger partial charge in [0.2, 0.25) is 0 Å². The predicted molar refractivity (Wildman–Crippen MR) is 122 cm³/mol. The zero-order valence-corrected chi connectivity index (χ0v) is 19.1. The van der Waals surface area contributed by atoms with Gasteiger partial charge < -0.3 is 10.6 Å². The third-order valence-electron chi connectivity index (χ3n) is 5.67. The number of nitrogens with one attached hydrogen (secondary N) is 2. The van der Waals surface area contributed by atoms with E-state index >= 15 is 0 Å². The third-order valence-corrected chi connectivity index (χ3v) is 6.17. The van der Waals surface area contributed by atoms with Crippen molar-refractivity contribution in [3.8, 4) is 0 Å². The largest absolute Gasteiger partial charge is 0.351 e. The molecule has 0 aliphatic heterocycles. The van der Waals surface area contributed by atoms with Gasteiger partial charge in [0.1, 0.15) is 0 Å². The maximum atomic E-state index is 12.7. The van der Waals surface area contributed by atoms with Gasteiger partial charge in [0.25, 0.3) is 11.8 Å². The van der Waals surface area contributed by atoms with Crippen LogP contribution >= 0.6 is 23.2 Å². The van der Waals surface area contributed by atoms with Crippen LogP contribution in [0.15, 0.2) is 48.5 Å². The van der Waals surface area contributed by atoms with Gasteiger partial charge in [0.15, 0.2) is 0 Å². The Morgan fingerprint density at radius 1 is 0.867 bits per heavy atom. The van der Waals surface area contributed by atoms with Crippen molar-refractivity contribution in [3.63, 3.8) is 0 Å². The van der Waals surface area contributed by atoms with E-state index in [1.54, 1.807) is 48.5 Å². The Morgan fingerprint density at radius 3 is 1.90 bits per heavy atom. The fourth-order valence-electron chi connectivity index (χ4n) is 4.74. The molecule has 3 rings (SSSR count). The summed E-state index contributed by atoms with van der Waals surface area (Å²) in [5.74, 6) is -0.208. The fourth-order valence-corrected chi connectivity index (χ4v) is 4.99. The molecule has 0 radical (unpaired) electrons. The monoisotopic (exact) mass is 446 g/mol. The first-order chi connectivity index (χ1) is 14.1. The number of amides is 2. The Morgan fingerprint density at radius 2 is 1.37 bits per heavy atom. The number of benzene rings is 2. The zero-order valence-electron chi connectivity index (χ0n) is 17.6. The first-order valence-electron chi connectivity index (χ1n) is 10.2. The van der Waals surface area contributed by atoms with Crippen LogP contribution in [0.5, 0.6) is 0 Å². The lowest BCUT2D eigenvalue weighted by Crippen LogP contribution is -2.50. The standard InChI is InChI=1S/C24H28Cl2N2O2/c1-23(2)12-20(28-22(30)17-6-10-19(26)11-7-17)13-24(3,14-23)15-27-21(29)16-4-8-18(25)9-5-16/h4-11,20H,12-15H2,1-3H3,(H,27,29)(H,28,30)/t20-,24-/m0/s1. The van der Waals surface area contributed by atoms with Crippen LogP contribution in [0.1, 0.15) is 60.7 Å². The van der Waals surface area contributed by atoms with E-state index in [0.29, 0.717) is 27.7 Å². The summed E-state index contributed by atoms with van der Waals surface area (Å²) in [4.78, 5) is 25.2. The molecule has 2 aromatic rings. The molecule has 6 heteroatoms. The average molecular weight is 447 g/mol. The van der Waals surface area contributed by atoms with Crippen LogP contribution in [0.25, 0.3) is 0 Å². The van der Waals surface area contributed by atoms with Gasteiger partial charge in [0.05, 0.1) is 0 Å². The second-order valence-corrected chi connectivity index (χ2v) is 10.3. The average Bonchev–Trinajstić information content (AvgIpc) is 2.65. The Kier molecular flexibility index (Phi) is 6.78. The second kappa shape index (κ2) is 8.99. The number of hydrogen-bond donors (Lipinski definition) is 2. The van der Waals surface area contributed by atoms with E-state index in [-0.39, 0.29) is 28.7 Å². The van der Waals surface area contributed by atoms with Crippen molar-refractivity contribution in [2.24, 2.45) is 10.8 Å². The smallest absolute Gasteiger partial charge is 0.251 e. The highest BCUT2D eigenvalue weighted by molar-refractivity contribution is 6.31. The summed E-state index contributed by atoms with van der Waals surface area (Å²) in [6.45, 7) is 7.16. The normalized spacial score (nSPS) is 22.9. The van der Waals surface area contributed by atoms with Crippen molar-refractivity contribution in [3.05, 3.63) is 69.7 Å². The predicted octanol–water partition coefficient (Wildman–Crippen LogP) is 5.74. The van der Waals surface area contributed by atoms with Gasteiger partial charge in [-0.25, -0.2) is 0 Å². The number of hydrogen-bond acceptors (Lipinski definition) is 2. The Bertz CT molecular complexity index is 910. The van der Waals surface area contributed by atoms with Crippen LogP contribution in [0.4, 0.5) is 0 Å². The molecule has 0 unspecified atom stereocenters. The van der Waals surface area contributed by atoms with E-state index in [0.717, 1.165) is 19.3 Å². The summed E-state index contributed by atoms with van der Waals surface area (Å²) < 4.78 is 0. The molecule has 1 aliphatic carbocycles. The first kappa shape index (κ1) is 22.6. The molecule has 0 bridgehead atoms. The minimum Gasteiger partial charge on any atom is -0.351 e. The molecule has 1 saturated carbocycles. The summed E-state index contributed by atoms with van der Waals surface area (Å²) in [6, 6.07) is 13.8. The molecule has 0 aromatic heterocycles. The van der Waals surface area contributed by atoms with Crippen molar-refractivity contribution in [1.82, 2.24) is 10.6 Å². The van der Waals surface area contributed by atoms with E-state index in [1.165, 1.54) is 0 Å². The van der Waals surface area contributed by atoms with Crippen LogP contribution in [0.3, 0.4) is 0 Å². The molecule has 4 nitrogen and oxygen atoms in total. The highest BCUT2D eigenvalue weighted by Crippen LogP contribution is 2.45. The van der Waals surface area contributed by atoms with Gasteiger partial charge in [-0.1, -0.05) is 44.0 Å². The van der Waals surface area contributed by atoms with E-state index in [9.17, 15) is 9.59 Å². The molecule has 2 amide bonds. The maximum absolute atomic E-state index is 12.7. The zero-order chi connectivity index (χ0) is 21.9. The topological polar surface area (TPSA) is 58.2 Å². The van der Waals surface area contributed by atoms with E-state index in [1.807, 2.05) is 0 Å². The number of rotatable bonds is 5. The molecule has 0 heterocycles. The van der Waals surface area contributed by atoms with Crippen molar-refractivity contribution < 1.29 is 9.59 Å². The molecule has 2 atom stereocenters. The van der Waals surface area contributed by atoms with Crippen molar-refractivity contribution in [2.45, 2.75) is 46.1 Å². The Labute approximate surface area is 188 Å². The van der Waals surface area contributed by atoms with Crippen LogP contribution in [-0.4, -0.2) is 24.4 Å². The van der Waals surface area contributed by atoms with Gasteiger partial charge in [0, 0.05) is 33.8 Å². The van der Waals surface area contributed by atoms with Crippen LogP contribution in [0, 0.1) is 10.8 Å². The van der Waals surface area contributed by atoms with Crippen molar-refractivity contribution >= 4 is 35.0 Å². The minimum atomic E-state index is -0.123. The number of carbonyl (C=O) groups excluding carboxylic acids is 2. The van der Waals surface area contributed by atoms with Gasteiger partial charge in [-0.2, -0.15) is 0 Å². The van der Waals surface area contributed by atoms with Crippen LogP contribution < -0.4 is 10.6 Å². The Balaban J connectivity index is 1.65. The summed E-state index contributed by atoms with van der Waals surface area (Å²) in [6.07, 6.45) is 2.66. The SMILES string of the molecule is CC1(C)C[C@H](NC(=O)c2ccc(Cl)cc2)C[C@](C)(CNC(=O)c2ccc(Cl)cc2)C1. The summed E-state index contributed by atoms with van der Waals surface area (Å²) in [5.41, 5.74) is 1.11. The lowest BCUT2D eigenvalue weighted by Gasteiger charge is -2.47. The van der Waals surface area contributed by atoms with Crippen molar-refractivity contribution in [1.29, 1.82) is 0 Å². The molecule has 1 aliphatic rings. The molecule has 30 heavy (non-hydrogen) atoms. The lowest BCUT2D eigenvalue weighted by molar-refractivity contribution is 0.0592. The van der Waals surface area contributed by atoms with E-state index in [4.69, 9.17) is 23.2 Å². The van der Waals surface area contributed by atoms with Gasteiger partial charge >= 0.3 is 0 Å². The minimum absolute atomic E-state index is 0.0364. The Hall–Kier alpha value is -2.04. The quantitative estimate of drug-likeness (QED) is 0.614. The molecule has 0 saturated heterocycles. The molecule has 0 spiro atoms. The molecule has 2 aromatic carbocycles. The van der Waals surface area contributed by atoms with Gasteiger partial charge in [-0.15, -0.1) is 0 Å². The molecule has 2 N–H and O–H groups in total. The van der Waals surface area contributed by atoms with Gasteiger partial charge in [-0.3, -0.25) is 9.59 Å². The van der Waals surface area contributed by atoms with E-state index < -0.39 is 0 Å². The summed E-state index contributed by atoms with van der Waals surface area (Å²) in [7, 11) is 0. The van der Waals surface area contributed by atoms with Crippen LogP contribution in [0.2, 0.25) is 10.0 Å². The molecule has 1 fully saturated rings. The number of halogens is 2. The molecular weight excluding hydrogens is 419 g/mol. The molecular formula is C24H28Cl2N2O2. The highest BCUT2D eigenvalue weighted by Gasteiger charge is 2.41.